The summed E-state index contributed by atoms with van der Waals surface area (Å²) < 4.78 is 0. The van der Waals surface area contributed by atoms with Gasteiger partial charge in [0.25, 0.3) is 0 Å². The maximum Gasteiger partial charge on any atom is 0.0300 e. The van der Waals surface area contributed by atoms with Crippen molar-refractivity contribution in [2.24, 2.45) is 0 Å². The van der Waals surface area contributed by atoms with Crippen LogP contribution in [-0.2, 0) is 0 Å². The van der Waals surface area contributed by atoms with Crippen molar-refractivity contribution in [3.05, 3.63) is 59.6 Å². The summed E-state index contributed by atoms with van der Waals surface area (Å²) >= 11 is 5.51. The molecule has 0 spiro atoms. The van der Waals surface area contributed by atoms with Crippen LogP contribution < -0.4 is 5.32 Å². The van der Waals surface area contributed by atoms with Gasteiger partial charge >= 0.3 is 0 Å². The Bertz CT molecular complexity index is 514. The predicted octanol–water partition coefficient (Wildman–Crippen LogP) is 4.24. The van der Waals surface area contributed by atoms with Crippen LogP contribution in [0.3, 0.4) is 0 Å². The van der Waals surface area contributed by atoms with Gasteiger partial charge in [0, 0.05) is 18.1 Å². The van der Waals surface area contributed by atoms with E-state index < -0.39 is 0 Å². The lowest BCUT2D eigenvalue weighted by atomic mass is 10.00. The zero-order chi connectivity index (χ0) is 12.1. The summed E-state index contributed by atoms with van der Waals surface area (Å²) in [5, 5.41) is 6.01. The molecule has 0 fully saturated rings. The first-order chi connectivity index (χ1) is 8.33. The van der Waals surface area contributed by atoms with Gasteiger partial charge in [0.15, 0.2) is 0 Å². The Morgan fingerprint density at radius 1 is 1.18 bits per heavy atom. The number of nitrogens with one attached hydrogen (secondary N) is 1. The summed E-state index contributed by atoms with van der Waals surface area (Å²) in [6, 6.07) is 15.2. The molecule has 0 heterocycles. The van der Waals surface area contributed by atoms with E-state index in [1.807, 2.05) is 6.08 Å². The van der Waals surface area contributed by atoms with Crippen LogP contribution in [-0.4, -0.2) is 6.54 Å². The second kappa shape index (κ2) is 5.85. The molecule has 0 aliphatic rings. The van der Waals surface area contributed by atoms with Gasteiger partial charge in [-0.25, -0.2) is 0 Å². The van der Waals surface area contributed by atoms with Gasteiger partial charge in [0.2, 0.25) is 0 Å². The standard InChI is InChI=1S/C15H16ClN/c1-12(17-11-5-10-16)14-9-4-7-13-6-2-3-8-15(13)14/h2-10,12,17H,11H2,1H3. The second-order valence-electron chi connectivity index (χ2n) is 4.06. The molecule has 0 amide bonds. The van der Waals surface area contributed by atoms with Crippen LogP contribution in [0.25, 0.3) is 10.8 Å². The number of hydrogen-bond acceptors (Lipinski definition) is 1. The summed E-state index contributed by atoms with van der Waals surface area (Å²) in [5.74, 6) is 0. The Labute approximate surface area is 107 Å². The van der Waals surface area contributed by atoms with Crippen molar-refractivity contribution >= 4 is 22.4 Å². The fraction of sp³-hybridized carbons (Fsp3) is 0.200. The maximum atomic E-state index is 5.51. The number of rotatable bonds is 4. The van der Waals surface area contributed by atoms with Crippen molar-refractivity contribution in [1.82, 2.24) is 5.32 Å². The summed E-state index contributed by atoms with van der Waals surface area (Å²) in [5.41, 5.74) is 2.87. The van der Waals surface area contributed by atoms with Crippen LogP contribution in [0, 0.1) is 0 Å². The lowest BCUT2D eigenvalue weighted by Gasteiger charge is -2.15. The molecule has 2 rings (SSSR count). The molecular weight excluding hydrogens is 230 g/mol. The molecule has 0 aromatic heterocycles. The minimum Gasteiger partial charge on any atom is -0.307 e. The zero-order valence-electron chi connectivity index (χ0n) is 9.86. The van der Waals surface area contributed by atoms with E-state index in [9.17, 15) is 0 Å². The molecule has 2 heteroatoms. The number of halogens is 1. The third kappa shape index (κ3) is 2.87. The normalized spacial score (nSPS) is 13.3. The van der Waals surface area contributed by atoms with Crippen molar-refractivity contribution in [2.45, 2.75) is 13.0 Å². The predicted molar refractivity (Wildman–Crippen MR) is 75.4 cm³/mol. The van der Waals surface area contributed by atoms with Crippen molar-refractivity contribution in [1.29, 1.82) is 0 Å². The molecule has 1 nitrogen and oxygen atoms in total. The molecule has 0 aliphatic heterocycles. The van der Waals surface area contributed by atoms with Crippen molar-refractivity contribution in [2.75, 3.05) is 6.54 Å². The van der Waals surface area contributed by atoms with Gasteiger partial charge in [-0.2, -0.15) is 0 Å². The van der Waals surface area contributed by atoms with Gasteiger partial charge < -0.3 is 5.32 Å². The highest BCUT2D eigenvalue weighted by Crippen LogP contribution is 2.23. The average molecular weight is 246 g/mol. The number of hydrogen-bond donors (Lipinski definition) is 1. The molecule has 0 aliphatic carbocycles. The van der Waals surface area contributed by atoms with E-state index in [1.54, 1.807) is 5.54 Å². The van der Waals surface area contributed by atoms with Gasteiger partial charge in [-0.15, -0.1) is 0 Å². The van der Waals surface area contributed by atoms with Gasteiger partial charge in [0.05, 0.1) is 0 Å². The first-order valence-electron chi connectivity index (χ1n) is 5.79. The zero-order valence-corrected chi connectivity index (χ0v) is 10.6. The Kier molecular flexibility index (Phi) is 4.18. The molecule has 17 heavy (non-hydrogen) atoms. The largest absolute Gasteiger partial charge is 0.307 e. The van der Waals surface area contributed by atoms with Gasteiger partial charge in [0.1, 0.15) is 0 Å². The van der Waals surface area contributed by atoms with E-state index in [1.165, 1.54) is 16.3 Å². The molecule has 0 bridgehead atoms. The molecule has 1 unspecified atom stereocenters. The van der Waals surface area contributed by atoms with E-state index in [4.69, 9.17) is 11.6 Å². The lowest BCUT2D eigenvalue weighted by Crippen LogP contribution is -2.18. The van der Waals surface area contributed by atoms with Crippen molar-refractivity contribution < 1.29 is 0 Å². The van der Waals surface area contributed by atoms with E-state index in [0.717, 1.165) is 6.54 Å². The smallest absolute Gasteiger partial charge is 0.0300 e. The third-order valence-electron chi connectivity index (χ3n) is 2.92. The summed E-state index contributed by atoms with van der Waals surface area (Å²) in [4.78, 5) is 0. The first-order valence-corrected chi connectivity index (χ1v) is 6.23. The Hall–Kier alpha value is -1.31. The summed E-state index contributed by atoms with van der Waals surface area (Å²) in [6.45, 7) is 2.96. The van der Waals surface area contributed by atoms with Crippen LogP contribution in [0.5, 0.6) is 0 Å². The maximum absolute atomic E-state index is 5.51. The Morgan fingerprint density at radius 2 is 1.94 bits per heavy atom. The highest BCUT2D eigenvalue weighted by atomic mass is 35.5. The molecule has 2 aromatic rings. The van der Waals surface area contributed by atoms with Gasteiger partial charge in [-0.05, 0) is 23.3 Å². The molecule has 2 aromatic carbocycles. The molecular formula is C15H16ClN. The third-order valence-corrected chi connectivity index (χ3v) is 3.10. The summed E-state index contributed by atoms with van der Waals surface area (Å²) in [7, 11) is 0. The van der Waals surface area contributed by atoms with Crippen LogP contribution in [0.4, 0.5) is 0 Å². The van der Waals surface area contributed by atoms with Gasteiger partial charge in [-0.1, -0.05) is 60.1 Å². The SMILES string of the molecule is CC(NCC=CCl)c1cccc2ccccc12. The topological polar surface area (TPSA) is 12.0 Å². The van der Waals surface area contributed by atoms with E-state index >= 15 is 0 Å². The van der Waals surface area contributed by atoms with E-state index in [2.05, 4.69) is 54.7 Å². The molecule has 0 radical (unpaired) electrons. The fourth-order valence-electron chi connectivity index (χ4n) is 2.03. The quantitative estimate of drug-likeness (QED) is 0.850. The monoisotopic (exact) mass is 245 g/mol. The number of benzene rings is 2. The van der Waals surface area contributed by atoms with Crippen LogP contribution in [0.15, 0.2) is 54.1 Å². The van der Waals surface area contributed by atoms with E-state index in [-0.39, 0.29) is 0 Å². The van der Waals surface area contributed by atoms with Crippen LogP contribution in [0.2, 0.25) is 0 Å². The lowest BCUT2D eigenvalue weighted by molar-refractivity contribution is 0.622. The van der Waals surface area contributed by atoms with Crippen molar-refractivity contribution in [3.63, 3.8) is 0 Å². The first kappa shape index (κ1) is 12.2. The highest BCUT2D eigenvalue weighted by molar-refractivity contribution is 6.25. The van der Waals surface area contributed by atoms with Crippen LogP contribution in [0.1, 0.15) is 18.5 Å². The van der Waals surface area contributed by atoms with E-state index in [0.29, 0.717) is 6.04 Å². The minimum absolute atomic E-state index is 0.314. The molecule has 88 valence electrons. The second-order valence-corrected chi connectivity index (χ2v) is 4.31. The highest BCUT2D eigenvalue weighted by Gasteiger charge is 2.07. The average Bonchev–Trinajstić information content (AvgIpc) is 2.38. The molecule has 1 atom stereocenters. The Balaban J connectivity index is 2.28. The Morgan fingerprint density at radius 3 is 2.76 bits per heavy atom. The summed E-state index contributed by atoms with van der Waals surface area (Å²) in [6.07, 6.45) is 1.91. The number of fused-ring (bicyclic) bond motifs is 1. The molecule has 1 N–H and O–H groups in total. The molecule has 0 saturated heterocycles. The van der Waals surface area contributed by atoms with Crippen LogP contribution >= 0.6 is 11.6 Å². The molecule has 0 saturated carbocycles. The van der Waals surface area contributed by atoms with Gasteiger partial charge in [-0.3, -0.25) is 0 Å². The fourth-order valence-corrected chi connectivity index (χ4v) is 2.12. The van der Waals surface area contributed by atoms with Crippen molar-refractivity contribution in [3.8, 4) is 0 Å². The minimum atomic E-state index is 0.314.